The van der Waals surface area contributed by atoms with Crippen LogP contribution in [0.15, 0.2) is 47.8 Å². The number of nitrogens with zero attached hydrogens (tertiary/aromatic N) is 1. The fourth-order valence-electron chi connectivity index (χ4n) is 2.77. The second-order valence-corrected chi connectivity index (χ2v) is 6.89. The number of nitrogens with one attached hydrogen (secondary N) is 1. The van der Waals surface area contributed by atoms with Crippen LogP contribution in [0.3, 0.4) is 0 Å². The fraction of sp³-hybridized carbons (Fsp3) is 0.421. The minimum Gasteiger partial charge on any atom is -0.310 e. The number of thiophene rings is 1. The van der Waals surface area contributed by atoms with Crippen molar-refractivity contribution in [1.29, 1.82) is 0 Å². The van der Waals surface area contributed by atoms with Crippen LogP contribution < -0.4 is 10.2 Å². The van der Waals surface area contributed by atoms with Gasteiger partial charge in [0.15, 0.2) is 0 Å². The van der Waals surface area contributed by atoms with Gasteiger partial charge >= 0.3 is 0 Å². The number of hydrogen-bond donors (Lipinski definition) is 1. The van der Waals surface area contributed by atoms with Crippen molar-refractivity contribution in [2.45, 2.75) is 45.7 Å². The van der Waals surface area contributed by atoms with E-state index in [2.05, 4.69) is 43.4 Å². The minimum atomic E-state index is 0.178. The van der Waals surface area contributed by atoms with Crippen molar-refractivity contribution in [2.24, 2.45) is 0 Å². The van der Waals surface area contributed by atoms with E-state index in [0.29, 0.717) is 19.0 Å². The van der Waals surface area contributed by atoms with Crippen LogP contribution in [-0.4, -0.2) is 24.5 Å². The van der Waals surface area contributed by atoms with Gasteiger partial charge in [-0.25, -0.2) is 0 Å². The molecule has 4 heteroatoms. The Hall–Kier alpha value is -1.65. The predicted molar refractivity (Wildman–Crippen MR) is 99.2 cm³/mol. The normalized spacial score (nSPS) is 13.5. The molecule has 0 aliphatic heterocycles. The lowest BCUT2D eigenvalue weighted by atomic mass is 10.1. The summed E-state index contributed by atoms with van der Waals surface area (Å²) >= 11 is 1.62. The molecule has 3 nitrogen and oxygen atoms in total. The number of rotatable bonds is 8. The van der Waals surface area contributed by atoms with Crippen molar-refractivity contribution >= 4 is 22.2 Å². The van der Waals surface area contributed by atoms with Crippen molar-refractivity contribution < 1.29 is 4.79 Å². The van der Waals surface area contributed by atoms with Crippen molar-refractivity contribution in [3.63, 3.8) is 0 Å². The van der Waals surface area contributed by atoms with E-state index in [1.54, 1.807) is 11.3 Å². The molecule has 0 saturated heterocycles. The summed E-state index contributed by atoms with van der Waals surface area (Å²) in [6.45, 7) is 6.96. The lowest BCUT2D eigenvalue weighted by Crippen LogP contribution is -2.45. The fourth-order valence-corrected chi connectivity index (χ4v) is 3.53. The van der Waals surface area contributed by atoms with Gasteiger partial charge in [0, 0.05) is 25.0 Å². The summed E-state index contributed by atoms with van der Waals surface area (Å²) in [5.74, 6) is 0.178. The van der Waals surface area contributed by atoms with E-state index in [1.165, 1.54) is 5.56 Å². The quantitative estimate of drug-likeness (QED) is 0.790. The highest BCUT2D eigenvalue weighted by molar-refractivity contribution is 7.14. The first-order chi connectivity index (χ1) is 11.1. The van der Waals surface area contributed by atoms with Crippen LogP contribution >= 0.6 is 11.3 Å². The number of hydrogen-bond acceptors (Lipinski definition) is 3. The summed E-state index contributed by atoms with van der Waals surface area (Å²) in [6, 6.07) is 15.1. The zero-order valence-electron chi connectivity index (χ0n) is 14.2. The molecule has 0 bridgehead atoms. The van der Waals surface area contributed by atoms with E-state index >= 15 is 0 Å². The van der Waals surface area contributed by atoms with Gasteiger partial charge in [0.1, 0.15) is 0 Å². The molecule has 1 N–H and O–H groups in total. The van der Waals surface area contributed by atoms with E-state index < -0.39 is 0 Å². The molecule has 0 fully saturated rings. The van der Waals surface area contributed by atoms with Gasteiger partial charge in [0.25, 0.3) is 0 Å². The largest absolute Gasteiger partial charge is 0.310 e. The van der Waals surface area contributed by atoms with Crippen molar-refractivity contribution in [2.75, 3.05) is 11.4 Å². The first-order valence-corrected chi connectivity index (χ1v) is 9.12. The summed E-state index contributed by atoms with van der Waals surface area (Å²) < 4.78 is 0. The van der Waals surface area contributed by atoms with E-state index in [4.69, 9.17) is 0 Å². The molecule has 2 rings (SSSR count). The molecule has 2 atom stereocenters. The summed E-state index contributed by atoms with van der Waals surface area (Å²) in [5.41, 5.74) is 1.33. The highest BCUT2D eigenvalue weighted by Crippen LogP contribution is 2.22. The molecule has 1 aromatic carbocycles. The number of carbonyl (C=O) groups is 1. The van der Waals surface area contributed by atoms with Crippen LogP contribution in [0.4, 0.5) is 5.00 Å². The highest BCUT2D eigenvalue weighted by atomic mass is 32.1. The molecule has 0 aliphatic carbocycles. The Morgan fingerprint density at radius 2 is 1.87 bits per heavy atom. The molecule has 23 heavy (non-hydrogen) atoms. The Morgan fingerprint density at radius 3 is 2.48 bits per heavy atom. The molecule has 0 saturated carbocycles. The number of anilines is 1. The van der Waals surface area contributed by atoms with E-state index in [-0.39, 0.29) is 11.9 Å². The maximum atomic E-state index is 12.2. The van der Waals surface area contributed by atoms with Crippen LogP contribution in [0, 0.1) is 0 Å². The summed E-state index contributed by atoms with van der Waals surface area (Å²) in [5, 5.41) is 6.65. The van der Waals surface area contributed by atoms with Gasteiger partial charge in [-0.15, -0.1) is 11.3 Å². The summed E-state index contributed by atoms with van der Waals surface area (Å²) in [7, 11) is 0. The van der Waals surface area contributed by atoms with Crippen LogP contribution in [0.5, 0.6) is 0 Å². The summed E-state index contributed by atoms with van der Waals surface area (Å²) in [6.07, 6.45) is 1.52. The Labute approximate surface area is 143 Å². The molecule has 0 spiro atoms. The van der Waals surface area contributed by atoms with Crippen LogP contribution in [0.25, 0.3) is 0 Å². The second kappa shape index (κ2) is 8.85. The lowest BCUT2D eigenvalue weighted by Gasteiger charge is -2.27. The predicted octanol–water partition coefficient (Wildman–Crippen LogP) is 4.10. The monoisotopic (exact) mass is 330 g/mol. The van der Waals surface area contributed by atoms with E-state index in [0.717, 1.165) is 11.4 Å². The third kappa shape index (κ3) is 5.48. The van der Waals surface area contributed by atoms with Crippen LogP contribution in [0.2, 0.25) is 0 Å². The number of amides is 1. The van der Waals surface area contributed by atoms with Crippen molar-refractivity contribution in [1.82, 2.24) is 5.32 Å². The van der Waals surface area contributed by atoms with Crippen molar-refractivity contribution in [3.8, 4) is 0 Å². The first kappa shape index (κ1) is 17.7. The number of carbonyl (C=O) groups excluding carboxylic acids is 1. The van der Waals surface area contributed by atoms with Crippen LogP contribution in [0.1, 0.15) is 32.8 Å². The van der Waals surface area contributed by atoms with Gasteiger partial charge in [-0.3, -0.25) is 4.79 Å². The second-order valence-electron chi connectivity index (χ2n) is 5.97. The van der Waals surface area contributed by atoms with Gasteiger partial charge in [0.2, 0.25) is 5.91 Å². The molecule has 2 aromatic rings. The Bertz CT molecular complexity index is 583. The first-order valence-electron chi connectivity index (χ1n) is 8.24. The maximum absolute atomic E-state index is 12.2. The van der Waals surface area contributed by atoms with Gasteiger partial charge in [-0.1, -0.05) is 37.3 Å². The molecular weight excluding hydrogens is 304 g/mol. The zero-order chi connectivity index (χ0) is 16.7. The third-order valence-electron chi connectivity index (χ3n) is 3.79. The highest BCUT2D eigenvalue weighted by Gasteiger charge is 2.18. The molecule has 1 amide bonds. The zero-order valence-corrected chi connectivity index (χ0v) is 15.0. The smallest absolute Gasteiger partial charge is 0.227 e. The van der Waals surface area contributed by atoms with E-state index in [9.17, 15) is 4.79 Å². The standard InChI is InChI=1S/C19H26N2OS/c1-4-18(22)21(19-11-8-12-23-19)14-16(3)20-15(2)13-17-9-6-5-7-10-17/h5-12,15-16,20H,4,13-14H2,1-3H3. The van der Waals surface area contributed by atoms with Gasteiger partial charge in [-0.05, 0) is 43.3 Å². The Morgan fingerprint density at radius 1 is 1.13 bits per heavy atom. The maximum Gasteiger partial charge on any atom is 0.227 e. The molecule has 124 valence electrons. The Kier molecular flexibility index (Phi) is 6.81. The van der Waals surface area contributed by atoms with E-state index in [1.807, 2.05) is 35.4 Å². The number of benzene rings is 1. The SMILES string of the molecule is CCC(=O)N(CC(C)NC(C)Cc1ccccc1)c1cccs1. The van der Waals surface area contributed by atoms with Gasteiger partial charge in [0.05, 0.1) is 5.00 Å². The van der Waals surface area contributed by atoms with Crippen molar-refractivity contribution in [3.05, 3.63) is 53.4 Å². The van der Waals surface area contributed by atoms with Gasteiger partial charge in [-0.2, -0.15) is 0 Å². The molecular formula is C19H26N2OS. The molecule has 1 aromatic heterocycles. The lowest BCUT2D eigenvalue weighted by molar-refractivity contribution is -0.118. The molecule has 1 heterocycles. The molecule has 0 radical (unpaired) electrons. The van der Waals surface area contributed by atoms with Gasteiger partial charge < -0.3 is 10.2 Å². The molecule has 0 aliphatic rings. The average molecular weight is 330 g/mol. The topological polar surface area (TPSA) is 32.3 Å². The minimum absolute atomic E-state index is 0.178. The average Bonchev–Trinajstić information content (AvgIpc) is 3.06. The Balaban J connectivity index is 1.91. The molecule has 2 unspecified atom stereocenters. The van der Waals surface area contributed by atoms with Crippen LogP contribution in [-0.2, 0) is 11.2 Å². The third-order valence-corrected chi connectivity index (χ3v) is 4.68. The summed E-state index contributed by atoms with van der Waals surface area (Å²) in [4.78, 5) is 14.1.